The Morgan fingerprint density at radius 2 is 2.05 bits per heavy atom. The molecule has 1 N–H and O–H groups in total. The Bertz CT molecular complexity index is 421. The molecule has 19 heavy (non-hydrogen) atoms. The molecule has 1 aromatic carbocycles. The molecule has 0 aliphatic heterocycles. The van der Waals surface area contributed by atoms with Crippen LogP contribution in [0.1, 0.15) is 32.4 Å². The van der Waals surface area contributed by atoms with Crippen LogP contribution in [0.4, 0.5) is 5.69 Å². The zero-order valence-electron chi connectivity index (χ0n) is 12.1. The van der Waals surface area contributed by atoms with Crippen LogP contribution in [0.5, 0.6) is 0 Å². The van der Waals surface area contributed by atoms with Crippen LogP contribution in [-0.4, -0.2) is 36.0 Å². The minimum atomic E-state index is -0.358. The van der Waals surface area contributed by atoms with Gasteiger partial charge in [-0.25, -0.2) is 0 Å². The molecule has 0 aliphatic rings. The normalized spacial score (nSPS) is 12.9. The summed E-state index contributed by atoms with van der Waals surface area (Å²) in [6, 6.07) is 7.42. The van der Waals surface area contributed by atoms with Crippen LogP contribution in [0, 0.1) is 10.1 Å². The molecule has 0 heterocycles. The first-order valence-electron chi connectivity index (χ1n) is 6.59. The zero-order chi connectivity index (χ0) is 14.4. The first kappa shape index (κ1) is 15.6. The predicted octanol–water partition coefficient (Wildman–Crippen LogP) is 2.59. The number of benzene rings is 1. The smallest absolute Gasteiger partial charge is 0.269 e. The second-order valence-electron chi connectivity index (χ2n) is 5.10. The monoisotopic (exact) mass is 265 g/mol. The number of non-ortho nitro benzene ring substituents is 1. The van der Waals surface area contributed by atoms with E-state index in [0.717, 1.165) is 18.7 Å². The molecular formula is C14H23N3O2. The summed E-state index contributed by atoms with van der Waals surface area (Å²) >= 11 is 0. The van der Waals surface area contributed by atoms with Crippen LogP contribution >= 0.6 is 0 Å². The van der Waals surface area contributed by atoms with Crippen LogP contribution in [-0.2, 0) is 0 Å². The van der Waals surface area contributed by atoms with E-state index in [1.165, 1.54) is 6.07 Å². The van der Waals surface area contributed by atoms with Crippen molar-refractivity contribution in [3.05, 3.63) is 39.9 Å². The van der Waals surface area contributed by atoms with Gasteiger partial charge in [-0.2, -0.15) is 0 Å². The molecule has 1 rings (SSSR count). The van der Waals surface area contributed by atoms with Crippen molar-refractivity contribution in [3.8, 4) is 0 Å². The van der Waals surface area contributed by atoms with E-state index >= 15 is 0 Å². The standard InChI is InChI=1S/C14H23N3O2/c1-11(2)16(4)9-8-15-12(3)13-6-5-7-14(10-13)17(18)19/h5-7,10-12,15H,8-9H2,1-4H3. The fourth-order valence-electron chi connectivity index (χ4n) is 1.74. The highest BCUT2D eigenvalue weighted by atomic mass is 16.6. The van der Waals surface area contributed by atoms with Crippen molar-refractivity contribution < 1.29 is 4.92 Å². The minimum Gasteiger partial charge on any atom is -0.309 e. The number of rotatable bonds is 7. The molecule has 1 atom stereocenters. The quantitative estimate of drug-likeness (QED) is 0.608. The van der Waals surface area contributed by atoms with E-state index in [1.54, 1.807) is 12.1 Å². The fourth-order valence-corrected chi connectivity index (χ4v) is 1.74. The van der Waals surface area contributed by atoms with Crippen molar-refractivity contribution in [2.24, 2.45) is 0 Å². The Morgan fingerprint density at radius 1 is 1.37 bits per heavy atom. The summed E-state index contributed by atoms with van der Waals surface area (Å²) < 4.78 is 0. The lowest BCUT2D eigenvalue weighted by Crippen LogP contribution is -2.34. The van der Waals surface area contributed by atoms with E-state index in [4.69, 9.17) is 0 Å². The molecule has 5 nitrogen and oxygen atoms in total. The molecule has 5 heteroatoms. The van der Waals surface area contributed by atoms with Crippen LogP contribution in [0.3, 0.4) is 0 Å². The van der Waals surface area contributed by atoms with Gasteiger partial charge >= 0.3 is 0 Å². The Hall–Kier alpha value is -1.46. The van der Waals surface area contributed by atoms with Gasteiger partial charge in [-0.3, -0.25) is 10.1 Å². The van der Waals surface area contributed by atoms with Crippen LogP contribution in [0.2, 0.25) is 0 Å². The van der Waals surface area contributed by atoms with E-state index in [9.17, 15) is 10.1 Å². The van der Waals surface area contributed by atoms with Crippen molar-refractivity contribution in [1.82, 2.24) is 10.2 Å². The third-order valence-corrected chi connectivity index (χ3v) is 3.38. The number of nitrogens with zero attached hydrogens (tertiary/aromatic N) is 2. The van der Waals surface area contributed by atoms with Gasteiger partial charge in [0.2, 0.25) is 0 Å². The summed E-state index contributed by atoms with van der Waals surface area (Å²) in [5.74, 6) is 0. The summed E-state index contributed by atoms with van der Waals surface area (Å²) in [5.41, 5.74) is 1.09. The Balaban J connectivity index is 2.51. The molecule has 106 valence electrons. The minimum absolute atomic E-state index is 0.112. The van der Waals surface area contributed by atoms with Gasteiger partial charge in [-0.05, 0) is 33.4 Å². The average molecular weight is 265 g/mol. The third-order valence-electron chi connectivity index (χ3n) is 3.38. The molecule has 0 saturated carbocycles. The highest BCUT2D eigenvalue weighted by Gasteiger charge is 2.11. The molecule has 0 bridgehead atoms. The number of nitro groups is 1. The van der Waals surface area contributed by atoms with Crippen molar-refractivity contribution >= 4 is 5.69 Å². The number of hydrogen-bond donors (Lipinski definition) is 1. The Labute approximate surface area is 114 Å². The molecule has 1 unspecified atom stereocenters. The van der Waals surface area contributed by atoms with Gasteiger partial charge in [0.15, 0.2) is 0 Å². The maximum Gasteiger partial charge on any atom is 0.269 e. The molecule has 0 radical (unpaired) electrons. The lowest BCUT2D eigenvalue weighted by Gasteiger charge is -2.22. The summed E-state index contributed by atoms with van der Waals surface area (Å²) in [7, 11) is 2.09. The summed E-state index contributed by atoms with van der Waals surface area (Å²) in [6.45, 7) is 8.15. The number of hydrogen-bond acceptors (Lipinski definition) is 4. The zero-order valence-corrected chi connectivity index (χ0v) is 12.1. The second kappa shape index (κ2) is 7.21. The fraction of sp³-hybridized carbons (Fsp3) is 0.571. The number of nitrogens with one attached hydrogen (secondary N) is 1. The number of likely N-dealkylation sites (N-methyl/N-ethyl adjacent to an activating group) is 1. The van der Waals surface area contributed by atoms with E-state index in [0.29, 0.717) is 6.04 Å². The number of nitro benzene ring substituents is 1. The molecular weight excluding hydrogens is 242 g/mol. The van der Waals surface area contributed by atoms with Crippen molar-refractivity contribution in [2.45, 2.75) is 32.9 Å². The lowest BCUT2D eigenvalue weighted by atomic mass is 10.1. The molecule has 1 aromatic rings. The van der Waals surface area contributed by atoms with Gasteiger partial charge < -0.3 is 10.2 Å². The van der Waals surface area contributed by atoms with E-state index in [2.05, 4.69) is 31.1 Å². The van der Waals surface area contributed by atoms with Crippen LogP contribution < -0.4 is 5.32 Å². The maximum atomic E-state index is 10.7. The average Bonchev–Trinajstić information content (AvgIpc) is 2.38. The van der Waals surface area contributed by atoms with Crippen LogP contribution in [0.25, 0.3) is 0 Å². The largest absolute Gasteiger partial charge is 0.309 e. The van der Waals surface area contributed by atoms with Gasteiger partial charge in [0, 0.05) is 37.3 Å². The van der Waals surface area contributed by atoms with Crippen molar-refractivity contribution in [1.29, 1.82) is 0 Å². The molecule has 0 spiro atoms. The van der Waals surface area contributed by atoms with Crippen molar-refractivity contribution in [3.63, 3.8) is 0 Å². The van der Waals surface area contributed by atoms with E-state index < -0.39 is 0 Å². The van der Waals surface area contributed by atoms with E-state index in [1.807, 2.05) is 13.0 Å². The Morgan fingerprint density at radius 3 is 2.63 bits per heavy atom. The van der Waals surface area contributed by atoms with E-state index in [-0.39, 0.29) is 16.7 Å². The summed E-state index contributed by atoms with van der Waals surface area (Å²) in [6.07, 6.45) is 0. The molecule has 0 amide bonds. The second-order valence-corrected chi connectivity index (χ2v) is 5.10. The maximum absolute atomic E-state index is 10.7. The SMILES string of the molecule is CC(NCCN(C)C(C)C)c1cccc([N+](=O)[O-])c1. The highest BCUT2D eigenvalue weighted by molar-refractivity contribution is 5.35. The van der Waals surface area contributed by atoms with Gasteiger partial charge in [-0.15, -0.1) is 0 Å². The summed E-state index contributed by atoms with van der Waals surface area (Å²) in [5, 5.41) is 14.1. The first-order valence-corrected chi connectivity index (χ1v) is 6.59. The topological polar surface area (TPSA) is 58.4 Å². The highest BCUT2D eigenvalue weighted by Crippen LogP contribution is 2.18. The van der Waals surface area contributed by atoms with Gasteiger partial charge in [-0.1, -0.05) is 12.1 Å². The molecule has 0 fully saturated rings. The van der Waals surface area contributed by atoms with Gasteiger partial charge in [0.25, 0.3) is 5.69 Å². The Kier molecular flexibility index (Phi) is 5.92. The molecule has 0 aliphatic carbocycles. The molecule has 0 aromatic heterocycles. The van der Waals surface area contributed by atoms with Gasteiger partial charge in [0.05, 0.1) is 4.92 Å². The van der Waals surface area contributed by atoms with Crippen LogP contribution in [0.15, 0.2) is 24.3 Å². The third kappa shape index (κ3) is 4.96. The lowest BCUT2D eigenvalue weighted by molar-refractivity contribution is -0.384. The van der Waals surface area contributed by atoms with Crippen molar-refractivity contribution in [2.75, 3.05) is 20.1 Å². The van der Waals surface area contributed by atoms with Gasteiger partial charge in [0.1, 0.15) is 0 Å². The predicted molar refractivity (Wildman–Crippen MR) is 77.3 cm³/mol. The first-order chi connectivity index (χ1) is 8.91. The molecule has 0 saturated heterocycles. The summed E-state index contributed by atoms with van der Waals surface area (Å²) in [4.78, 5) is 12.6.